The second-order valence-electron chi connectivity index (χ2n) is 4.71. The van der Waals surface area contributed by atoms with Crippen molar-refractivity contribution in [1.82, 2.24) is 4.90 Å². The van der Waals surface area contributed by atoms with Crippen LogP contribution < -0.4 is 5.73 Å². The monoisotopic (exact) mass is 214 g/mol. The number of carbonyl (C=O) groups is 1. The summed E-state index contributed by atoms with van der Waals surface area (Å²) >= 11 is 0. The number of hydrogen-bond acceptors (Lipinski definition) is 3. The van der Waals surface area contributed by atoms with Crippen molar-refractivity contribution in [3.8, 4) is 0 Å². The largest absolute Gasteiger partial charge is 0.365 e. The lowest BCUT2D eigenvalue weighted by atomic mass is 10.0. The second kappa shape index (κ2) is 4.94. The van der Waals surface area contributed by atoms with E-state index in [0.717, 1.165) is 12.8 Å². The molecule has 0 bridgehead atoms. The summed E-state index contributed by atoms with van der Waals surface area (Å²) in [6, 6.07) is 0. The molecule has 0 aromatic carbocycles. The number of rotatable bonds is 4. The van der Waals surface area contributed by atoms with Crippen LogP contribution in [0.4, 0.5) is 0 Å². The van der Waals surface area contributed by atoms with Crippen molar-refractivity contribution in [2.24, 2.45) is 11.7 Å². The van der Waals surface area contributed by atoms with Gasteiger partial charge in [-0.3, -0.25) is 4.79 Å². The molecule has 1 heterocycles. The molecule has 1 rings (SSSR count). The van der Waals surface area contributed by atoms with Crippen molar-refractivity contribution >= 4 is 5.91 Å². The smallest absolute Gasteiger partial charge is 0.254 e. The van der Waals surface area contributed by atoms with Crippen molar-refractivity contribution in [2.45, 2.75) is 32.3 Å². The molecule has 2 N–H and O–H groups in total. The summed E-state index contributed by atoms with van der Waals surface area (Å²) in [5, 5.41) is 0. The highest BCUT2D eigenvalue weighted by Gasteiger charge is 2.39. The Bertz CT molecular complexity index is 225. The van der Waals surface area contributed by atoms with Crippen LogP contribution in [0.5, 0.6) is 0 Å². The molecule has 1 fully saturated rings. The van der Waals surface area contributed by atoms with Gasteiger partial charge in [0.25, 0.3) is 5.91 Å². The molecule has 0 aromatic heterocycles. The third kappa shape index (κ3) is 2.92. The van der Waals surface area contributed by atoms with Gasteiger partial charge in [-0.05, 0) is 32.2 Å². The Hall–Kier alpha value is -0.610. The lowest BCUT2D eigenvalue weighted by Crippen LogP contribution is -2.46. The average molecular weight is 214 g/mol. The Morgan fingerprint density at radius 1 is 1.67 bits per heavy atom. The van der Waals surface area contributed by atoms with E-state index in [0.29, 0.717) is 25.6 Å². The first-order chi connectivity index (χ1) is 6.99. The lowest BCUT2D eigenvalue weighted by molar-refractivity contribution is -0.150. The van der Waals surface area contributed by atoms with Crippen molar-refractivity contribution in [2.75, 3.05) is 26.7 Å². The van der Waals surface area contributed by atoms with Gasteiger partial charge in [0.2, 0.25) is 0 Å². The lowest BCUT2D eigenvalue weighted by Gasteiger charge is -2.29. The zero-order valence-corrected chi connectivity index (χ0v) is 9.95. The van der Waals surface area contributed by atoms with Gasteiger partial charge in [0.1, 0.15) is 5.60 Å². The third-order valence-corrected chi connectivity index (χ3v) is 3.01. The quantitative estimate of drug-likeness (QED) is 0.746. The van der Waals surface area contributed by atoms with Gasteiger partial charge < -0.3 is 15.4 Å². The fourth-order valence-electron chi connectivity index (χ4n) is 1.98. The molecular weight excluding hydrogens is 192 g/mol. The van der Waals surface area contributed by atoms with E-state index in [9.17, 15) is 4.79 Å². The number of carbonyl (C=O) groups excluding carboxylic acids is 1. The summed E-state index contributed by atoms with van der Waals surface area (Å²) in [5.41, 5.74) is 4.94. The molecule has 0 radical (unpaired) electrons. The van der Waals surface area contributed by atoms with E-state index in [4.69, 9.17) is 10.5 Å². The molecule has 88 valence electrons. The maximum atomic E-state index is 12.1. The Kier molecular flexibility index (Phi) is 4.11. The molecule has 1 aliphatic rings. The fourth-order valence-corrected chi connectivity index (χ4v) is 1.98. The maximum Gasteiger partial charge on any atom is 0.254 e. The van der Waals surface area contributed by atoms with Gasteiger partial charge in [-0.1, -0.05) is 6.92 Å². The van der Waals surface area contributed by atoms with Crippen LogP contribution in [0.15, 0.2) is 0 Å². The zero-order valence-electron chi connectivity index (χ0n) is 9.95. The van der Waals surface area contributed by atoms with E-state index < -0.39 is 5.60 Å². The highest BCUT2D eigenvalue weighted by Crippen LogP contribution is 2.26. The van der Waals surface area contributed by atoms with Crippen LogP contribution in [0.2, 0.25) is 0 Å². The van der Waals surface area contributed by atoms with Crippen LogP contribution in [0.1, 0.15) is 26.7 Å². The molecular formula is C11H22N2O2. The number of amides is 1. The summed E-state index contributed by atoms with van der Waals surface area (Å²) in [6.07, 6.45) is 1.80. The minimum atomic E-state index is -0.594. The molecule has 0 saturated carbocycles. The Morgan fingerprint density at radius 2 is 2.33 bits per heavy atom. The number of nitrogens with zero attached hydrogens (tertiary/aromatic N) is 1. The first kappa shape index (κ1) is 12.5. The van der Waals surface area contributed by atoms with E-state index in [1.165, 1.54) is 0 Å². The normalized spacial score (nSPS) is 27.7. The van der Waals surface area contributed by atoms with Crippen LogP contribution in [0.3, 0.4) is 0 Å². The first-order valence-electron chi connectivity index (χ1n) is 5.59. The highest BCUT2D eigenvalue weighted by atomic mass is 16.5. The topological polar surface area (TPSA) is 55.6 Å². The SMILES string of the molecule is CC(CN)CN(C)C(=O)C1(C)CCCO1. The van der Waals surface area contributed by atoms with Crippen molar-refractivity contribution in [3.63, 3.8) is 0 Å². The average Bonchev–Trinajstić information content (AvgIpc) is 2.65. The molecule has 1 aliphatic heterocycles. The molecule has 2 atom stereocenters. The standard InChI is InChI=1S/C11H22N2O2/c1-9(7-12)8-13(3)10(14)11(2)5-4-6-15-11/h9H,4-8,12H2,1-3H3. The summed E-state index contributed by atoms with van der Waals surface area (Å²) < 4.78 is 5.52. The molecule has 4 nitrogen and oxygen atoms in total. The predicted octanol–water partition coefficient (Wildman–Crippen LogP) is 0.609. The van der Waals surface area contributed by atoms with Crippen molar-refractivity contribution in [3.05, 3.63) is 0 Å². The number of hydrogen-bond donors (Lipinski definition) is 1. The Balaban J connectivity index is 2.52. The summed E-state index contributed by atoms with van der Waals surface area (Å²) in [7, 11) is 1.82. The molecule has 2 unspecified atom stereocenters. The fraction of sp³-hybridized carbons (Fsp3) is 0.909. The minimum absolute atomic E-state index is 0.0836. The zero-order chi connectivity index (χ0) is 11.5. The Labute approximate surface area is 91.8 Å². The van der Waals surface area contributed by atoms with Gasteiger partial charge >= 0.3 is 0 Å². The van der Waals surface area contributed by atoms with Crippen LogP contribution in [0.25, 0.3) is 0 Å². The van der Waals surface area contributed by atoms with E-state index in [2.05, 4.69) is 0 Å². The van der Waals surface area contributed by atoms with Gasteiger partial charge in [0.15, 0.2) is 0 Å². The maximum absolute atomic E-state index is 12.1. The minimum Gasteiger partial charge on any atom is -0.365 e. The van der Waals surface area contributed by atoms with Crippen molar-refractivity contribution in [1.29, 1.82) is 0 Å². The van der Waals surface area contributed by atoms with Gasteiger partial charge in [-0.25, -0.2) is 0 Å². The number of nitrogens with two attached hydrogens (primary N) is 1. The molecule has 1 saturated heterocycles. The molecule has 0 aromatic rings. The van der Waals surface area contributed by atoms with Gasteiger partial charge in [-0.15, -0.1) is 0 Å². The van der Waals surface area contributed by atoms with Crippen LogP contribution in [-0.2, 0) is 9.53 Å². The summed E-state index contributed by atoms with van der Waals surface area (Å²) in [5.74, 6) is 0.421. The van der Waals surface area contributed by atoms with Crippen molar-refractivity contribution < 1.29 is 9.53 Å². The van der Waals surface area contributed by atoms with Gasteiger partial charge in [0, 0.05) is 20.2 Å². The van der Waals surface area contributed by atoms with Gasteiger partial charge in [0.05, 0.1) is 0 Å². The van der Waals surface area contributed by atoms with Crippen LogP contribution >= 0.6 is 0 Å². The molecule has 0 spiro atoms. The second-order valence-corrected chi connectivity index (χ2v) is 4.71. The molecule has 15 heavy (non-hydrogen) atoms. The van der Waals surface area contributed by atoms with E-state index in [1.54, 1.807) is 4.90 Å². The summed E-state index contributed by atoms with van der Waals surface area (Å²) in [6.45, 7) is 5.93. The summed E-state index contributed by atoms with van der Waals surface area (Å²) in [4.78, 5) is 13.8. The van der Waals surface area contributed by atoms with Crippen LogP contribution in [-0.4, -0.2) is 43.2 Å². The van der Waals surface area contributed by atoms with E-state index in [-0.39, 0.29) is 5.91 Å². The van der Waals surface area contributed by atoms with Gasteiger partial charge in [-0.2, -0.15) is 0 Å². The highest BCUT2D eigenvalue weighted by molar-refractivity contribution is 5.84. The predicted molar refractivity (Wildman–Crippen MR) is 59.4 cm³/mol. The third-order valence-electron chi connectivity index (χ3n) is 3.01. The van der Waals surface area contributed by atoms with E-state index >= 15 is 0 Å². The first-order valence-corrected chi connectivity index (χ1v) is 5.59. The molecule has 4 heteroatoms. The van der Waals surface area contributed by atoms with E-state index in [1.807, 2.05) is 20.9 Å². The number of likely N-dealkylation sites (N-methyl/N-ethyl adjacent to an activating group) is 1. The molecule has 1 amide bonds. The van der Waals surface area contributed by atoms with Crippen LogP contribution in [0, 0.1) is 5.92 Å². The Morgan fingerprint density at radius 3 is 2.80 bits per heavy atom. The molecule has 0 aliphatic carbocycles. The number of ether oxygens (including phenoxy) is 1.